The van der Waals surface area contributed by atoms with Crippen LogP contribution in [0.4, 0.5) is 0 Å². The molecule has 0 aliphatic heterocycles. The SMILES string of the molecule is COc1ccc([C@@H](NC(=O)c2cnc(-c3cccnn3)nc2O)c2cccc(C)n2)c(OC)c1. The lowest BCUT2D eigenvalue weighted by Gasteiger charge is -2.22. The average molecular weight is 458 g/mol. The van der Waals surface area contributed by atoms with Gasteiger partial charge in [-0.05, 0) is 43.3 Å². The molecule has 0 radical (unpaired) electrons. The van der Waals surface area contributed by atoms with Gasteiger partial charge in [0.1, 0.15) is 28.8 Å². The van der Waals surface area contributed by atoms with E-state index >= 15 is 0 Å². The lowest BCUT2D eigenvalue weighted by Crippen LogP contribution is -2.30. The van der Waals surface area contributed by atoms with Crippen LogP contribution in [0, 0.1) is 6.92 Å². The number of ether oxygens (including phenoxy) is 2. The van der Waals surface area contributed by atoms with Gasteiger partial charge >= 0.3 is 0 Å². The maximum atomic E-state index is 13.2. The summed E-state index contributed by atoms with van der Waals surface area (Å²) < 4.78 is 10.8. The van der Waals surface area contributed by atoms with Crippen molar-refractivity contribution < 1.29 is 19.4 Å². The minimum absolute atomic E-state index is 0.0993. The molecule has 3 heterocycles. The number of methoxy groups -OCH3 is 2. The molecule has 172 valence electrons. The summed E-state index contributed by atoms with van der Waals surface area (Å²) in [6, 6.07) is 13.4. The summed E-state index contributed by atoms with van der Waals surface area (Å²) in [5, 5.41) is 21.1. The number of nitrogens with zero attached hydrogens (tertiary/aromatic N) is 5. The molecule has 1 atom stereocenters. The standard InChI is InChI=1S/C24H22N6O4/c1-14-6-4-7-18(27-14)21(16-10-9-15(33-2)12-20(16)34-3)28-23(31)17-13-25-22(29-24(17)32)19-8-5-11-26-30-19/h4-13,21H,1-3H3,(H,28,31)(H,25,29,32)/t21-/m1/s1. The molecule has 0 spiro atoms. The minimum atomic E-state index is -0.688. The third-order valence-corrected chi connectivity index (χ3v) is 5.05. The van der Waals surface area contributed by atoms with Gasteiger partial charge in [0, 0.05) is 29.7 Å². The molecule has 0 aliphatic carbocycles. The Morgan fingerprint density at radius 1 is 1.06 bits per heavy atom. The zero-order valence-electron chi connectivity index (χ0n) is 18.8. The van der Waals surface area contributed by atoms with E-state index in [0.29, 0.717) is 28.5 Å². The number of hydrogen-bond donors (Lipinski definition) is 2. The molecule has 1 amide bonds. The van der Waals surface area contributed by atoms with E-state index in [4.69, 9.17) is 9.47 Å². The lowest BCUT2D eigenvalue weighted by atomic mass is 10.0. The molecule has 0 saturated heterocycles. The first kappa shape index (κ1) is 22.6. The molecule has 10 heteroatoms. The Balaban J connectivity index is 1.71. The Bertz CT molecular complexity index is 1320. The highest BCUT2D eigenvalue weighted by molar-refractivity contribution is 5.96. The second kappa shape index (κ2) is 9.90. The monoisotopic (exact) mass is 458 g/mol. The number of aryl methyl sites for hydroxylation is 1. The summed E-state index contributed by atoms with van der Waals surface area (Å²) in [6.07, 6.45) is 2.76. The van der Waals surface area contributed by atoms with E-state index in [-0.39, 0.29) is 11.4 Å². The predicted molar refractivity (Wildman–Crippen MR) is 123 cm³/mol. The van der Waals surface area contributed by atoms with Gasteiger partial charge in [-0.3, -0.25) is 9.78 Å². The zero-order chi connectivity index (χ0) is 24.1. The van der Waals surface area contributed by atoms with E-state index in [1.54, 1.807) is 43.5 Å². The molecule has 34 heavy (non-hydrogen) atoms. The summed E-state index contributed by atoms with van der Waals surface area (Å²) >= 11 is 0. The first-order valence-electron chi connectivity index (χ1n) is 10.3. The van der Waals surface area contributed by atoms with Crippen molar-refractivity contribution in [2.24, 2.45) is 0 Å². The third kappa shape index (κ3) is 4.75. The fourth-order valence-corrected chi connectivity index (χ4v) is 3.38. The van der Waals surface area contributed by atoms with Crippen molar-refractivity contribution in [1.82, 2.24) is 30.5 Å². The molecular weight excluding hydrogens is 436 g/mol. The number of rotatable bonds is 7. The Labute approximate surface area is 195 Å². The molecule has 4 aromatic rings. The van der Waals surface area contributed by atoms with Gasteiger partial charge in [0.05, 0.1) is 19.9 Å². The Morgan fingerprint density at radius 2 is 1.91 bits per heavy atom. The summed E-state index contributed by atoms with van der Waals surface area (Å²) in [5.74, 6) is 0.191. The van der Waals surface area contributed by atoms with Crippen molar-refractivity contribution in [1.29, 1.82) is 0 Å². The summed E-state index contributed by atoms with van der Waals surface area (Å²) in [5.41, 5.74) is 2.30. The van der Waals surface area contributed by atoms with Crippen LogP contribution in [0.2, 0.25) is 0 Å². The van der Waals surface area contributed by atoms with Crippen LogP contribution in [0.25, 0.3) is 11.5 Å². The van der Waals surface area contributed by atoms with E-state index in [2.05, 4.69) is 30.5 Å². The normalized spacial score (nSPS) is 11.5. The van der Waals surface area contributed by atoms with Crippen molar-refractivity contribution in [2.45, 2.75) is 13.0 Å². The molecular formula is C24H22N6O4. The Kier molecular flexibility index (Phi) is 6.58. The quantitative estimate of drug-likeness (QED) is 0.429. The molecule has 3 aromatic heterocycles. The highest BCUT2D eigenvalue weighted by Crippen LogP contribution is 2.33. The number of pyridine rings is 1. The third-order valence-electron chi connectivity index (χ3n) is 5.05. The van der Waals surface area contributed by atoms with Gasteiger partial charge in [-0.2, -0.15) is 10.1 Å². The number of hydrogen-bond acceptors (Lipinski definition) is 9. The first-order chi connectivity index (χ1) is 16.5. The summed E-state index contributed by atoms with van der Waals surface area (Å²) in [7, 11) is 3.09. The number of aromatic hydroxyl groups is 1. The number of aromatic nitrogens is 5. The average Bonchev–Trinajstić information content (AvgIpc) is 2.87. The highest BCUT2D eigenvalue weighted by Gasteiger charge is 2.25. The van der Waals surface area contributed by atoms with Crippen molar-refractivity contribution in [3.05, 3.63) is 83.4 Å². The lowest BCUT2D eigenvalue weighted by molar-refractivity contribution is 0.0938. The second-order valence-electron chi connectivity index (χ2n) is 7.26. The van der Waals surface area contributed by atoms with Gasteiger partial charge in [0.15, 0.2) is 5.82 Å². The van der Waals surface area contributed by atoms with Crippen LogP contribution in [-0.2, 0) is 0 Å². The molecule has 1 aromatic carbocycles. The van der Waals surface area contributed by atoms with E-state index in [1.807, 2.05) is 19.1 Å². The van der Waals surface area contributed by atoms with Gasteiger partial charge in [0.25, 0.3) is 5.91 Å². The largest absolute Gasteiger partial charge is 0.497 e. The fraction of sp³-hybridized carbons (Fsp3) is 0.167. The van der Waals surface area contributed by atoms with Crippen molar-refractivity contribution in [3.63, 3.8) is 0 Å². The Hall–Kier alpha value is -4.60. The van der Waals surface area contributed by atoms with Crippen molar-refractivity contribution in [3.8, 4) is 28.9 Å². The fourth-order valence-electron chi connectivity index (χ4n) is 3.38. The number of carbonyl (C=O) groups is 1. The minimum Gasteiger partial charge on any atom is -0.497 e. The molecule has 0 bridgehead atoms. The van der Waals surface area contributed by atoms with Gasteiger partial charge in [-0.25, -0.2) is 4.98 Å². The number of benzene rings is 1. The van der Waals surface area contributed by atoms with E-state index < -0.39 is 17.8 Å². The number of nitrogens with one attached hydrogen (secondary N) is 1. The van der Waals surface area contributed by atoms with Crippen LogP contribution in [0.3, 0.4) is 0 Å². The van der Waals surface area contributed by atoms with E-state index in [0.717, 1.165) is 5.69 Å². The maximum Gasteiger partial charge on any atom is 0.259 e. The molecule has 0 saturated carbocycles. The molecule has 10 nitrogen and oxygen atoms in total. The molecule has 4 rings (SSSR count). The Morgan fingerprint density at radius 3 is 2.59 bits per heavy atom. The van der Waals surface area contributed by atoms with Crippen LogP contribution in [0.1, 0.15) is 33.4 Å². The summed E-state index contributed by atoms with van der Waals surface area (Å²) in [4.78, 5) is 26.0. The highest BCUT2D eigenvalue weighted by atomic mass is 16.5. The van der Waals surface area contributed by atoms with Gasteiger partial charge in [-0.15, -0.1) is 5.10 Å². The van der Waals surface area contributed by atoms with Crippen LogP contribution in [0.5, 0.6) is 17.4 Å². The predicted octanol–water partition coefficient (Wildman–Crippen LogP) is 2.88. The molecule has 0 unspecified atom stereocenters. The topological polar surface area (TPSA) is 132 Å². The van der Waals surface area contributed by atoms with Crippen molar-refractivity contribution >= 4 is 5.91 Å². The van der Waals surface area contributed by atoms with Crippen LogP contribution >= 0.6 is 0 Å². The van der Waals surface area contributed by atoms with Crippen molar-refractivity contribution in [2.75, 3.05) is 14.2 Å². The molecule has 0 fully saturated rings. The van der Waals surface area contributed by atoms with Gasteiger partial charge in [-0.1, -0.05) is 6.07 Å². The molecule has 0 aliphatic rings. The smallest absolute Gasteiger partial charge is 0.259 e. The van der Waals surface area contributed by atoms with Gasteiger partial charge < -0.3 is 19.9 Å². The molecule has 2 N–H and O–H groups in total. The zero-order valence-corrected chi connectivity index (χ0v) is 18.8. The number of amides is 1. The van der Waals surface area contributed by atoms with E-state index in [1.165, 1.54) is 19.5 Å². The van der Waals surface area contributed by atoms with Gasteiger partial charge in [0.2, 0.25) is 5.88 Å². The van der Waals surface area contributed by atoms with Crippen LogP contribution < -0.4 is 14.8 Å². The number of carbonyl (C=O) groups excluding carboxylic acids is 1. The first-order valence-corrected chi connectivity index (χ1v) is 10.3. The summed E-state index contributed by atoms with van der Waals surface area (Å²) in [6.45, 7) is 1.86. The maximum absolute atomic E-state index is 13.2. The van der Waals surface area contributed by atoms with Crippen LogP contribution in [0.15, 0.2) is 60.9 Å². The second-order valence-corrected chi connectivity index (χ2v) is 7.26. The van der Waals surface area contributed by atoms with E-state index in [9.17, 15) is 9.90 Å². The van der Waals surface area contributed by atoms with Crippen LogP contribution in [-0.4, -0.2) is 50.4 Å².